The molecule has 0 aromatic carbocycles. The minimum Gasteiger partial charge on any atom is -0.384 e. The number of nitrogens with two attached hydrogens (primary N) is 1. The molecule has 0 atom stereocenters. The number of pyridine rings is 1. The van der Waals surface area contributed by atoms with Crippen molar-refractivity contribution in [1.82, 2.24) is 4.98 Å². The summed E-state index contributed by atoms with van der Waals surface area (Å²) in [6.07, 6.45) is 1.70. The van der Waals surface area contributed by atoms with Crippen molar-refractivity contribution < 1.29 is 4.74 Å². The fourth-order valence-electron chi connectivity index (χ4n) is 0.807. The number of nitrogen functional groups attached to an aromatic ring is 1. The highest BCUT2D eigenvalue weighted by Gasteiger charge is 1.90. The number of nitrogens with zero attached hydrogens (tertiary/aromatic N) is 1. The summed E-state index contributed by atoms with van der Waals surface area (Å²) >= 11 is 0. The third kappa shape index (κ3) is 2.75. The first-order valence-electron chi connectivity index (χ1n) is 3.77. The molecular formula is C8H13N3O. The second kappa shape index (κ2) is 4.56. The van der Waals surface area contributed by atoms with E-state index >= 15 is 0 Å². The average molecular weight is 167 g/mol. The Morgan fingerprint density at radius 2 is 2.42 bits per heavy atom. The van der Waals surface area contributed by atoms with Crippen molar-refractivity contribution in [2.45, 2.75) is 0 Å². The summed E-state index contributed by atoms with van der Waals surface area (Å²) in [4.78, 5) is 3.93. The van der Waals surface area contributed by atoms with Crippen LogP contribution in [0.1, 0.15) is 0 Å². The van der Waals surface area contributed by atoms with Gasteiger partial charge in [0.05, 0.1) is 18.5 Å². The second-order valence-electron chi connectivity index (χ2n) is 2.39. The first-order valence-corrected chi connectivity index (χ1v) is 3.77. The van der Waals surface area contributed by atoms with Crippen LogP contribution in [0.2, 0.25) is 0 Å². The summed E-state index contributed by atoms with van der Waals surface area (Å²) in [5, 5.41) is 3.13. The fraction of sp³-hybridized carbons (Fsp3) is 0.375. The summed E-state index contributed by atoms with van der Waals surface area (Å²) < 4.78 is 4.88. The van der Waals surface area contributed by atoms with Crippen LogP contribution >= 0.6 is 0 Å². The zero-order valence-corrected chi connectivity index (χ0v) is 7.08. The normalized spacial score (nSPS) is 9.75. The maximum Gasteiger partial charge on any atom is 0.123 e. The number of aromatic nitrogens is 1. The fourth-order valence-corrected chi connectivity index (χ4v) is 0.807. The van der Waals surface area contributed by atoms with Crippen molar-refractivity contribution >= 4 is 11.5 Å². The quantitative estimate of drug-likeness (QED) is 0.649. The molecule has 1 heterocycles. The van der Waals surface area contributed by atoms with Gasteiger partial charge >= 0.3 is 0 Å². The van der Waals surface area contributed by atoms with Gasteiger partial charge < -0.3 is 15.8 Å². The molecule has 0 saturated heterocycles. The van der Waals surface area contributed by atoms with Crippen LogP contribution in [0.5, 0.6) is 0 Å². The number of nitrogens with one attached hydrogen (secondary N) is 1. The summed E-state index contributed by atoms with van der Waals surface area (Å²) in [5.41, 5.74) is 6.38. The van der Waals surface area contributed by atoms with Crippen molar-refractivity contribution in [3.63, 3.8) is 0 Å². The van der Waals surface area contributed by atoms with E-state index < -0.39 is 0 Å². The van der Waals surface area contributed by atoms with Crippen molar-refractivity contribution in [2.75, 3.05) is 31.3 Å². The lowest BCUT2D eigenvalue weighted by molar-refractivity contribution is 0.211. The van der Waals surface area contributed by atoms with Crippen molar-refractivity contribution in [2.24, 2.45) is 0 Å². The molecule has 0 aliphatic rings. The van der Waals surface area contributed by atoms with Gasteiger partial charge in [-0.05, 0) is 12.1 Å². The Balaban J connectivity index is 2.37. The maximum atomic E-state index is 5.42. The number of hydrogen-bond acceptors (Lipinski definition) is 4. The molecule has 0 radical (unpaired) electrons. The van der Waals surface area contributed by atoms with E-state index in [4.69, 9.17) is 10.5 Å². The van der Waals surface area contributed by atoms with E-state index in [2.05, 4.69) is 10.3 Å². The van der Waals surface area contributed by atoms with Crippen LogP contribution in [-0.2, 0) is 4.74 Å². The van der Waals surface area contributed by atoms with Crippen LogP contribution in [0.4, 0.5) is 11.5 Å². The van der Waals surface area contributed by atoms with Crippen molar-refractivity contribution in [1.29, 1.82) is 0 Å². The van der Waals surface area contributed by atoms with Gasteiger partial charge in [0.1, 0.15) is 5.82 Å². The predicted octanol–water partition coefficient (Wildman–Crippen LogP) is 0.722. The van der Waals surface area contributed by atoms with E-state index in [9.17, 15) is 0 Å². The maximum absolute atomic E-state index is 5.42. The van der Waals surface area contributed by atoms with Crippen LogP contribution in [0.25, 0.3) is 0 Å². The molecule has 0 bridgehead atoms. The minimum atomic E-state index is 0.535. The zero-order chi connectivity index (χ0) is 8.81. The van der Waals surface area contributed by atoms with Crippen LogP contribution in [-0.4, -0.2) is 25.2 Å². The largest absolute Gasteiger partial charge is 0.384 e. The molecule has 66 valence electrons. The van der Waals surface area contributed by atoms with Crippen LogP contribution < -0.4 is 11.1 Å². The van der Waals surface area contributed by atoms with Gasteiger partial charge in [0.2, 0.25) is 0 Å². The summed E-state index contributed by atoms with van der Waals surface area (Å²) in [7, 11) is 1.67. The average Bonchev–Trinajstić information content (AvgIpc) is 2.09. The van der Waals surface area contributed by atoms with E-state index in [1.54, 1.807) is 19.4 Å². The first-order chi connectivity index (χ1) is 5.83. The Labute approximate surface area is 71.7 Å². The summed E-state index contributed by atoms with van der Waals surface area (Å²) in [6, 6.07) is 3.65. The van der Waals surface area contributed by atoms with E-state index in [0.29, 0.717) is 12.4 Å². The van der Waals surface area contributed by atoms with Crippen LogP contribution in [0, 0.1) is 0 Å². The smallest absolute Gasteiger partial charge is 0.123 e. The zero-order valence-electron chi connectivity index (χ0n) is 7.08. The monoisotopic (exact) mass is 167 g/mol. The summed E-state index contributed by atoms with van der Waals surface area (Å²) in [6.45, 7) is 1.46. The highest BCUT2D eigenvalue weighted by atomic mass is 16.5. The highest BCUT2D eigenvalue weighted by molar-refractivity contribution is 5.45. The van der Waals surface area contributed by atoms with Gasteiger partial charge in [0.15, 0.2) is 0 Å². The third-order valence-corrected chi connectivity index (χ3v) is 1.42. The Morgan fingerprint density at radius 3 is 3.00 bits per heavy atom. The predicted molar refractivity (Wildman–Crippen MR) is 49.0 cm³/mol. The third-order valence-electron chi connectivity index (χ3n) is 1.42. The number of ether oxygens (including phenoxy) is 1. The molecule has 0 unspecified atom stereocenters. The molecule has 1 aromatic heterocycles. The van der Waals surface area contributed by atoms with Crippen molar-refractivity contribution in [3.8, 4) is 0 Å². The highest BCUT2D eigenvalue weighted by Crippen LogP contribution is 2.05. The van der Waals surface area contributed by atoms with Crippen LogP contribution in [0.15, 0.2) is 18.3 Å². The number of anilines is 2. The molecule has 0 aliphatic carbocycles. The molecule has 12 heavy (non-hydrogen) atoms. The minimum absolute atomic E-state index is 0.535. The van der Waals surface area contributed by atoms with Gasteiger partial charge in [0.25, 0.3) is 0 Å². The second-order valence-corrected chi connectivity index (χ2v) is 2.39. The number of methoxy groups -OCH3 is 1. The molecule has 4 nitrogen and oxygen atoms in total. The SMILES string of the molecule is COCCNc1ccc(N)nc1. The van der Waals surface area contributed by atoms with E-state index in [1.165, 1.54) is 0 Å². The molecular weight excluding hydrogens is 154 g/mol. The molecule has 1 rings (SSSR count). The first kappa shape index (κ1) is 8.80. The number of rotatable bonds is 4. The van der Waals surface area contributed by atoms with Gasteiger partial charge in [-0.2, -0.15) is 0 Å². The Kier molecular flexibility index (Phi) is 3.35. The molecule has 0 saturated carbocycles. The lowest BCUT2D eigenvalue weighted by Crippen LogP contribution is -2.07. The van der Waals surface area contributed by atoms with Gasteiger partial charge in [0, 0.05) is 13.7 Å². The molecule has 3 N–H and O–H groups in total. The lowest BCUT2D eigenvalue weighted by atomic mass is 10.4. The molecule has 0 amide bonds. The van der Waals surface area contributed by atoms with E-state index in [1.807, 2.05) is 6.07 Å². The topological polar surface area (TPSA) is 60.2 Å². The van der Waals surface area contributed by atoms with Gasteiger partial charge in [-0.1, -0.05) is 0 Å². The van der Waals surface area contributed by atoms with Crippen molar-refractivity contribution in [3.05, 3.63) is 18.3 Å². The molecule has 4 heteroatoms. The van der Waals surface area contributed by atoms with Crippen LogP contribution in [0.3, 0.4) is 0 Å². The van der Waals surface area contributed by atoms with E-state index in [0.717, 1.165) is 12.2 Å². The molecule has 0 spiro atoms. The Hall–Kier alpha value is -1.29. The van der Waals surface area contributed by atoms with E-state index in [-0.39, 0.29) is 0 Å². The molecule has 1 aromatic rings. The van der Waals surface area contributed by atoms with Gasteiger partial charge in [-0.15, -0.1) is 0 Å². The lowest BCUT2D eigenvalue weighted by Gasteiger charge is -2.04. The van der Waals surface area contributed by atoms with Gasteiger partial charge in [-0.3, -0.25) is 0 Å². The Bertz CT molecular complexity index is 222. The molecule has 0 aliphatic heterocycles. The number of hydrogen-bond donors (Lipinski definition) is 2. The van der Waals surface area contributed by atoms with Gasteiger partial charge in [-0.25, -0.2) is 4.98 Å². The summed E-state index contributed by atoms with van der Waals surface area (Å²) in [5.74, 6) is 0.535. The Morgan fingerprint density at radius 1 is 1.58 bits per heavy atom. The molecule has 0 fully saturated rings. The standard InChI is InChI=1S/C8H13N3O/c1-12-5-4-10-7-2-3-8(9)11-6-7/h2-3,6,10H,4-5H2,1H3,(H2,9,11).